The molecule has 1 aliphatic heterocycles. The molecule has 1 fully saturated rings. The van der Waals surface area contributed by atoms with Crippen LogP contribution in [0.1, 0.15) is 34.8 Å². The number of rotatable bonds is 6. The van der Waals surface area contributed by atoms with Crippen LogP contribution in [-0.2, 0) is 14.3 Å². The maximum absolute atomic E-state index is 12.5. The van der Waals surface area contributed by atoms with Gasteiger partial charge in [0.05, 0.1) is 12.2 Å². The highest BCUT2D eigenvalue weighted by atomic mass is 32.2. The van der Waals surface area contributed by atoms with Crippen molar-refractivity contribution in [2.45, 2.75) is 18.6 Å². The number of hydrogen-bond donors (Lipinski definition) is 2. The fraction of sp³-hybridized carbons (Fsp3) is 0.148. The summed E-state index contributed by atoms with van der Waals surface area (Å²) in [5.41, 5.74) is 5.84. The number of fused-ring (bicyclic) bond motifs is 3. The van der Waals surface area contributed by atoms with E-state index in [-0.39, 0.29) is 24.8 Å². The number of hydrogen-bond acceptors (Lipinski definition) is 7. The fourth-order valence-electron chi connectivity index (χ4n) is 4.07. The van der Waals surface area contributed by atoms with Gasteiger partial charge in [-0.05, 0) is 42.3 Å². The molecule has 3 aromatic rings. The number of carbonyl (C=O) groups excluding carboxylic acids is 3. The van der Waals surface area contributed by atoms with Gasteiger partial charge in [-0.1, -0.05) is 60.3 Å². The first-order chi connectivity index (χ1) is 17.5. The zero-order chi connectivity index (χ0) is 25.1. The number of benzene rings is 3. The van der Waals surface area contributed by atoms with Gasteiger partial charge in [0.1, 0.15) is 11.0 Å². The van der Waals surface area contributed by atoms with Gasteiger partial charge in [0.15, 0.2) is 5.17 Å². The molecule has 8 nitrogen and oxygen atoms in total. The Morgan fingerprint density at radius 1 is 0.917 bits per heavy atom. The first kappa shape index (κ1) is 23.5. The number of anilines is 1. The molecule has 180 valence electrons. The Bertz CT molecular complexity index is 1370. The van der Waals surface area contributed by atoms with E-state index in [0.717, 1.165) is 28.0 Å². The van der Waals surface area contributed by atoms with Gasteiger partial charge < -0.3 is 15.4 Å². The molecule has 36 heavy (non-hydrogen) atoms. The van der Waals surface area contributed by atoms with E-state index in [1.807, 2.05) is 36.4 Å². The van der Waals surface area contributed by atoms with Crippen molar-refractivity contribution in [1.29, 1.82) is 0 Å². The van der Waals surface area contributed by atoms with Gasteiger partial charge >= 0.3 is 5.97 Å². The van der Waals surface area contributed by atoms with Crippen LogP contribution in [0.3, 0.4) is 0 Å². The summed E-state index contributed by atoms with van der Waals surface area (Å²) in [6.45, 7) is 2.02. The van der Waals surface area contributed by atoms with Gasteiger partial charge in [-0.25, -0.2) is 4.79 Å². The topological polar surface area (TPSA) is 109 Å². The Morgan fingerprint density at radius 3 is 2.14 bits per heavy atom. The molecular formula is C27H22N4O4S. The molecule has 0 bridgehead atoms. The van der Waals surface area contributed by atoms with Crippen LogP contribution in [0.4, 0.5) is 5.69 Å². The van der Waals surface area contributed by atoms with Crippen molar-refractivity contribution < 1.29 is 19.1 Å². The molecule has 1 saturated heterocycles. The fourth-order valence-corrected chi connectivity index (χ4v) is 4.99. The quantitative estimate of drug-likeness (QED) is 0.306. The second kappa shape index (κ2) is 10.2. The van der Waals surface area contributed by atoms with Crippen molar-refractivity contribution in [3.8, 4) is 11.1 Å². The number of carbonyl (C=O) groups is 3. The molecule has 2 N–H and O–H groups in total. The van der Waals surface area contributed by atoms with E-state index in [4.69, 9.17) is 4.74 Å². The normalized spacial score (nSPS) is 16.8. The third-order valence-corrected chi connectivity index (χ3v) is 6.79. The van der Waals surface area contributed by atoms with E-state index < -0.39 is 11.2 Å². The number of esters is 1. The van der Waals surface area contributed by atoms with Crippen LogP contribution in [0.25, 0.3) is 11.1 Å². The second-order valence-electron chi connectivity index (χ2n) is 8.09. The van der Waals surface area contributed by atoms with E-state index in [1.54, 1.807) is 31.2 Å². The van der Waals surface area contributed by atoms with Gasteiger partial charge in [-0.15, -0.1) is 10.2 Å². The van der Waals surface area contributed by atoms with Crippen molar-refractivity contribution in [1.82, 2.24) is 5.32 Å². The predicted octanol–water partition coefficient (Wildman–Crippen LogP) is 4.21. The van der Waals surface area contributed by atoms with Gasteiger partial charge in [0.25, 0.3) is 0 Å². The number of ether oxygens (including phenoxy) is 1. The summed E-state index contributed by atoms with van der Waals surface area (Å²) < 4.78 is 4.95. The maximum Gasteiger partial charge on any atom is 0.338 e. The molecule has 2 amide bonds. The van der Waals surface area contributed by atoms with Gasteiger partial charge in [-0.2, -0.15) is 0 Å². The van der Waals surface area contributed by atoms with Crippen LogP contribution in [0, 0.1) is 0 Å². The Kier molecular flexibility index (Phi) is 6.64. The molecule has 0 spiro atoms. The molecule has 0 aromatic heterocycles. The molecule has 5 rings (SSSR count). The second-order valence-corrected chi connectivity index (χ2v) is 9.28. The summed E-state index contributed by atoms with van der Waals surface area (Å²) in [4.78, 5) is 36.7. The van der Waals surface area contributed by atoms with Gasteiger partial charge in [-0.3, -0.25) is 9.59 Å². The van der Waals surface area contributed by atoms with Crippen molar-refractivity contribution in [3.05, 3.63) is 89.5 Å². The molecule has 2 aliphatic rings. The van der Waals surface area contributed by atoms with E-state index in [2.05, 4.69) is 33.0 Å². The van der Waals surface area contributed by atoms with E-state index >= 15 is 0 Å². The average molecular weight is 499 g/mol. The maximum atomic E-state index is 12.5. The molecule has 1 aliphatic carbocycles. The van der Waals surface area contributed by atoms with Crippen molar-refractivity contribution in [2.75, 3.05) is 11.9 Å². The Labute approximate surface area is 211 Å². The Balaban J connectivity index is 1.24. The van der Waals surface area contributed by atoms with E-state index in [1.165, 1.54) is 11.8 Å². The average Bonchev–Trinajstić information content (AvgIpc) is 3.40. The van der Waals surface area contributed by atoms with Crippen LogP contribution in [0.5, 0.6) is 0 Å². The standard InChI is InChI=1S/C27H22N4O4S/c1-2-35-26(34)16-11-13-17(14-12-16)28-23(32)15-22-25(33)29-27(36-22)31-30-24-20-9-5-3-7-18(20)19-8-4-6-10-21(19)24/h3-14,22H,2,15H2,1H3,(H,28,32)(H,29,31,33). The summed E-state index contributed by atoms with van der Waals surface area (Å²) in [5, 5.41) is 14.0. The molecule has 1 heterocycles. The largest absolute Gasteiger partial charge is 0.462 e. The highest BCUT2D eigenvalue weighted by molar-refractivity contribution is 8.15. The van der Waals surface area contributed by atoms with Crippen LogP contribution < -0.4 is 10.6 Å². The Morgan fingerprint density at radius 2 is 1.53 bits per heavy atom. The lowest BCUT2D eigenvalue weighted by Crippen LogP contribution is -2.28. The minimum absolute atomic E-state index is 0.0304. The smallest absolute Gasteiger partial charge is 0.338 e. The summed E-state index contributed by atoms with van der Waals surface area (Å²) >= 11 is 1.18. The van der Waals surface area contributed by atoms with E-state index in [9.17, 15) is 14.4 Å². The van der Waals surface area contributed by atoms with Crippen LogP contribution in [0.2, 0.25) is 0 Å². The summed E-state index contributed by atoms with van der Waals surface area (Å²) in [5.74, 6) is -1.04. The molecule has 0 radical (unpaired) electrons. The molecular weight excluding hydrogens is 476 g/mol. The Hall–Kier alpha value is -4.24. The highest BCUT2D eigenvalue weighted by Gasteiger charge is 2.32. The SMILES string of the molecule is CCOC(=O)c1ccc(NC(=O)CC2SC(=NN=C3c4ccccc4-c4ccccc43)NC2=O)cc1. The third kappa shape index (κ3) is 4.78. The molecule has 0 saturated carbocycles. The van der Waals surface area contributed by atoms with Gasteiger partial charge in [0, 0.05) is 23.2 Å². The van der Waals surface area contributed by atoms with Crippen LogP contribution in [-0.4, -0.2) is 40.5 Å². The first-order valence-corrected chi connectivity index (χ1v) is 12.3. The van der Waals surface area contributed by atoms with Crippen molar-refractivity contribution in [2.24, 2.45) is 10.2 Å². The van der Waals surface area contributed by atoms with Gasteiger partial charge in [0.2, 0.25) is 11.8 Å². The highest BCUT2D eigenvalue weighted by Crippen LogP contribution is 2.36. The zero-order valence-corrected chi connectivity index (χ0v) is 20.2. The lowest BCUT2D eigenvalue weighted by Gasteiger charge is -2.08. The van der Waals surface area contributed by atoms with E-state index in [0.29, 0.717) is 16.4 Å². The number of amides is 2. The molecule has 3 aromatic carbocycles. The zero-order valence-electron chi connectivity index (χ0n) is 19.4. The molecule has 1 atom stereocenters. The minimum Gasteiger partial charge on any atom is -0.462 e. The summed E-state index contributed by atoms with van der Waals surface area (Å²) in [7, 11) is 0. The molecule has 9 heteroatoms. The molecule has 1 unspecified atom stereocenters. The lowest BCUT2D eigenvalue weighted by molar-refractivity contribution is -0.122. The van der Waals surface area contributed by atoms with Crippen molar-refractivity contribution >= 4 is 46.1 Å². The lowest BCUT2D eigenvalue weighted by atomic mass is 10.1. The number of thioether (sulfide) groups is 1. The third-order valence-electron chi connectivity index (χ3n) is 5.72. The van der Waals surface area contributed by atoms with Crippen LogP contribution >= 0.6 is 11.8 Å². The minimum atomic E-state index is -0.620. The van der Waals surface area contributed by atoms with Crippen LogP contribution in [0.15, 0.2) is 83.0 Å². The first-order valence-electron chi connectivity index (χ1n) is 11.4. The van der Waals surface area contributed by atoms with Crippen molar-refractivity contribution in [3.63, 3.8) is 0 Å². The monoisotopic (exact) mass is 498 g/mol. The summed E-state index contributed by atoms with van der Waals surface area (Å²) in [6.07, 6.45) is -0.0304. The summed E-state index contributed by atoms with van der Waals surface area (Å²) in [6, 6.07) is 22.4. The number of amidine groups is 1. The number of nitrogens with zero attached hydrogens (tertiary/aromatic N) is 2. The predicted molar refractivity (Wildman–Crippen MR) is 140 cm³/mol. The number of nitrogens with one attached hydrogen (secondary N) is 2.